The molecule has 12 heavy (non-hydrogen) atoms. The van der Waals surface area contributed by atoms with Crippen molar-refractivity contribution >= 4 is 0 Å². The molecule has 1 aromatic rings. The highest BCUT2D eigenvalue weighted by molar-refractivity contribution is 5.05. The maximum absolute atomic E-state index is 5.43. The van der Waals surface area contributed by atoms with E-state index in [1.807, 2.05) is 4.57 Å². The first-order valence-corrected chi connectivity index (χ1v) is 4.21. The molecule has 68 valence electrons. The molecule has 1 rings (SSSR count). The largest absolute Gasteiger partial charge is 0.478 e. The molecule has 0 aliphatic carbocycles. The van der Waals surface area contributed by atoms with Gasteiger partial charge in [-0.2, -0.15) is 0 Å². The lowest BCUT2D eigenvalue weighted by molar-refractivity contribution is 0.288. The van der Waals surface area contributed by atoms with Crippen LogP contribution in [0, 0.1) is 0 Å². The van der Waals surface area contributed by atoms with Crippen LogP contribution < -0.4 is 10.5 Å². The molecule has 0 spiro atoms. The van der Waals surface area contributed by atoms with E-state index in [1.165, 1.54) is 0 Å². The van der Waals surface area contributed by atoms with E-state index in [0.717, 1.165) is 18.8 Å². The quantitative estimate of drug-likeness (QED) is 0.658. The molecular weight excluding hydrogens is 154 g/mol. The minimum atomic E-state index is 0.667. The Labute approximate surface area is 72.3 Å². The van der Waals surface area contributed by atoms with Crippen molar-refractivity contribution in [3.63, 3.8) is 0 Å². The Kier molecular flexibility index (Phi) is 3.60. The summed E-state index contributed by atoms with van der Waals surface area (Å²) in [5.41, 5.74) is 5.34. The van der Waals surface area contributed by atoms with Crippen LogP contribution in [0.5, 0.6) is 5.88 Å². The summed E-state index contributed by atoms with van der Waals surface area (Å²) >= 11 is 0. The first-order chi connectivity index (χ1) is 5.88. The zero-order chi connectivity index (χ0) is 8.81. The fraction of sp³-hybridized carbons (Fsp3) is 0.625. The summed E-state index contributed by atoms with van der Waals surface area (Å²) in [5, 5.41) is 0. The van der Waals surface area contributed by atoms with E-state index in [4.69, 9.17) is 10.5 Å². The van der Waals surface area contributed by atoms with Gasteiger partial charge in [-0.1, -0.05) is 0 Å². The van der Waals surface area contributed by atoms with Gasteiger partial charge in [-0.25, -0.2) is 4.98 Å². The minimum absolute atomic E-state index is 0.667. The number of rotatable bonds is 5. The molecule has 1 heterocycles. The van der Waals surface area contributed by atoms with Gasteiger partial charge in [0, 0.05) is 6.54 Å². The second-order valence-electron chi connectivity index (χ2n) is 2.51. The molecule has 0 radical (unpaired) electrons. The van der Waals surface area contributed by atoms with Crippen LogP contribution in [-0.2, 0) is 6.54 Å². The van der Waals surface area contributed by atoms with Gasteiger partial charge < -0.3 is 15.0 Å². The second-order valence-corrected chi connectivity index (χ2v) is 2.51. The average molecular weight is 169 g/mol. The molecule has 2 N–H and O–H groups in total. The molecule has 0 fully saturated rings. The summed E-state index contributed by atoms with van der Waals surface area (Å²) in [7, 11) is 0. The van der Waals surface area contributed by atoms with E-state index >= 15 is 0 Å². The SMILES string of the molecule is CCn1cncc1OCCCN. The Morgan fingerprint density at radius 3 is 3.17 bits per heavy atom. The van der Waals surface area contributed by atoms with E-state index in [9.17, 15) is 0 Å². The fourth-order valence-electron chi connectivity index (χ4n) is 0.926. The van der Waals surface area contributed by atoms with Crippen molar-refractivity contribution in [2.24, 2.45) is 5.73 Å². The minimum Gasteiger partial charge on any atom is -0.478 e. The lowest BCUT2D eigenvalue weighted by Crippen LogP contribution is -2.08. The predicted octanol–water partition coefficient (Wildman–Crippen LogP) is 0.631. The number of hydrogen-bond donors (Lipinski definition) is 1. The maximum atomic E-state index is 5.43. The number of hydrogen-bond acceptors (Lipinski definition) is 3. The molecule has 0 bridgehead atoms. The zero-order valence-electron chi connectivity index (χ0n) is 7.36. The van der Waals surface area contributed by atoms with E-state index in [2.05, 4.69) is 11.9 Å². The molecule has 0 amide bonds. The summed E-state index contributed by atoms with van der Waals surface area (Å²) in [4.78, 5) is 3.98. The van der Waals surface area contributed by atoms with Gasteiger partial charge in [-0.3, -0.25) is 0 Å². The third kappa shape index (κ3) is 2.23. The Morgan fingerprint density at radius 1 is 1.67 bits per heavy atom. The number of aryl methyl sites for hydroxylation is 1. The highest BCUT2D eigenvalue weighted by atomic mass is 16.5. The van der Waals surface area contributed by atoms with Crippen molar-refractivity contribution in [3.05, 3.63) is 12.5 Å². The maximum Gasteiger partial charge on any atom is 0.213 e. The van der Waals surface area contributed by atoms with Crippen LogP contribution in [0.2, 0.25) is 0 Å². The molecule has 0 aliphatic rings. The van der Waals surface area contributed by atoms with Crippen molar-refractivity contribution in [1.82, 2.24) is 9.55 Å². The molecule has 0 atom stereocenters. The standard InChI is InChI=1S/C8H15N3O/c1-2-11-7-10-6-8(11)12-5-3-4-9/h6-7H,2-5,9H2,1H3. The third-order valence-electron chi connectivity index (χ3n) is 1.61. The summed E-state index contributed by atoms with van der Waals surface area (Å²) in [6, 6.07) is 0. The summed E-state index contributed by atoms with van der Waals surface area (Å²) < 4.78 is 7.38. The molecule has 0 saturated heterocycles. The van der Waals surface area contributed by atoms with Crippen molar-refractivity contribution in [1.29, 1.82) is 0 Å². The smallest absolute Gasteiger partial charge is 0.213 e. The van der Waals surface area contributed by atoms with Crippen molar-refractivity contribution < 1.29 is 4.74 Å². The van der Waals surface area contributed by atoms with E-state index in [0.29, 0.717) is 13.2 Å². The highest BCUT2D eigenvalue weighted by Crippen LogP contribution is 2.08. The number of imidazole rings is 1. The van der Waals surface area contributed by atoms with Crippen LogP contribution in [0.25, 0.3) is 0 Å². The topological polar surface area (TPSA) is 53.1 Å². The molecule has 0 aliphatic heterocycles. The van der Waals surface area contributed by atoms with Gasteiger partial charge in [0.2, 0.25) is 5.88 Å². The Hall–Kier alpha value is -1.03. The summed E-state index contributed by atoms with van der Waals surface area (Å²) in [5.74, 6) is 0.825. The first-order valence-electron chi connectivity index (χ1n) is 4.21. The predicted molar refractivity (Wildman–Crippen MR) is 47.1 cm³/mol. The van der Waals surface area contributed by atoms with Crippen LogP contribution in [0.15, 0.2) is 12.5 Å². The Balaban J connectivity index is 2.39. The molecule has 0 unspecified atom stereocenters. The first kappa shape index (κ1) is 9.06. The van der Waals surface area contributed by atoms with Gasteiger partial charge in [0.25, 0.3) is 0 Å². The lowest BCUT2D eigenvalue weighted by Gasteiger charge is -2.06. The average Bonchev–Trinajstić information content (AvgIpc) is 2.52. The second kappa shape index (κ2) is 4.77. The van der Waals surface area contributed by atoms with Crippen molar-refractivity contribution in [3.8, 4) is 5.88 Å². The number of nitrogens with two attached hydrogens (primary N) is 1. The number of ether oxygens (including phenoxy) is 1. The highest BCUT2D eigenvalue weighted by Gasteiger charge is 1.99. The number of nitrogens with zero attached hydrogens (tertiary/aromatic N) is 2. The van der Waals surface area contributed by atoms with Crippen LogP contribution >= 0.6 is 0 Å². The zero-order valence-corrected chi connectivity index (χ0v) is 7.36. The van der Waals surface area contributed by atoms with Crippen molar-refractivity contribution in [2.45, 2.75) is 19.9 Å². The molecule has 1 aromatic heterocycles. The molecule has 4 nitrogen and oxygen atoms in total. The summed E-state index contributed by atoms with van der Waals surface area (Å²) in [6.45, 7) is 4.28. The van der Waals surface area contributed by atoms with Gasteiger partial charge in [0.1, 0.15) is 0 Å². The van der Waals surface area contributed by atoms with E-state index < -0.39 is 0 Å². The summed E-state index contributed by atoms with van der Waals surface area (Å²) in [6.07, 6.45) is 4.37. The van der Waals surface area contributed by atoms with Gasteiger partial charge >= 0.3 is 0 Å². The Bertz CT molecular complexity index is 222. The molecule has 0 aromatic carbocycles. The van der Waals surface area contributed by atoms with E-state index in [1.54, 1.807) is 12.5 Å². The van der Waals surface area contributed by atoms with Gasteiger partial charge in [0.05, 0.1) is 19.1 Å². The number of aromatic nitrogens is 2. The van der Waals surface area contributed by atoms with Crippen LogP contribution in [0.3, 0.4) is 0 Å². The Morgan fingerprint density at radius 2 is 2.50 bits per heavy atom. The van der Waals surface area contributed by atoms with Crippen LogP contribution in [0.4, 0.5) is 0 Å². The van der Waals surface area contributed by atoms with Gasteiger partial charge in [0.15, 0.2) is 0 Å². The monoisotopic (exact) mass is 169 g/mol. The van der Waals surface area contributed by atoms with Gasteiger partial charge in [-0.05, 0) is 19.9 Å². The van der Waals surface area contributed by atoms with Gasteiger partial charge in [-0.15, -0.1) is 0 Å². The lowest BCUT2D eigenvalue weighted by atomic mass is 10.5. The van der Waals surface area contributed by atoms with E-state index in [-0.39, 0.29) is 0 Å². The van der Waals surface area contributed by atoms with Crippen molar-refractivity contribution in [2.75, 3.05) is 13.2 Å². The fourth-order valence-corrected chi connectivity index (χ4v) is 0.926. The normalized spacial score (nSPS) is 10.2. The molecule has 4 heteroatoms. The van der Waals surface area contributed by atoms with Crippen LogP contribution in [-0.4, -0.2) is 22.7 Å². The molecule has 0 saturated carbocycles. The third-order valence-corrected chi connectivity index (χ3v) is 1.61. The molecular formula is C8H15N3O. The van der Waals surface area contributed by atoms with Crippen LogP contribution in [0.1, 0.15) is 13.3 Å².